The second-order valence-corrected chi connectivity index (χ2v) is 9.29. The third-order valence-corrected chi connectivity index (χ3v) is 6.94. The molecule has 0 spiro atoms. The lowest BCUT2D eigenvalue weighted by molar-refractivity contribution is 0.738. The quantitative estimate of drug-likeness (QED) is 0.259. The van der Waals surface area contributed by atoms with Crippen molar-refractivity contribution in [3.8, 4) is 0 Å². The minimum Gasteiger partial charge on any atom is -0.340 e. The molecule has 0 amide bonds. The first kappa shape index (κ1) is 22.7. The van der Waals surface area contributed by atoms with E-state index in [1.54, 1.807) is 4.57 Å². The van der Waals surface area contributed by atoms with Crippen molar-refractivity contribution in [1.82, 2.24) is 14.1 Å². The van der Waals surface area contributed by atoms with Gasteiger partial charge in [-0.15, -0.1) is 0 Å². The van der Waals surface area contributed by atoms with E-state index in [-0.39, 0.29) is 5.56 Å². The molecule has 0 aliphatic heterocycles. The highest BCUT2D eigenvalue weighted by Crippen LogP contribution is 2.28. The van der Waals surface area contributed by atoms with Crippen LogP contribution < -0.4 is 5.56 Å². The number of rotatable bonds is 6. The summed E-state index contributed by atoms with van der Waals surface area (Å²) in [5.41, 5.74) is 6.51. The van der Waals surface area contributed by atoms with Gasteiger partial charge in [0.1, 0.15) is 5.82 Å². The van der Waals surface area contributed by atoms with Gasteiger partial charge in [0.15, 0.2) is 0 Å². The molecule has 0 aliphatic rings. The van der Waals surface area contributed by atoms with Crippen LogP contribution in [0.1, 0.15) is 28.2 Å². The van der Waals surface area contributed by atoms with E-state index in [0.29, 0.717) is 23.3 Å². The number of aromatic nitrogens is 3. The maximum atomic E-state index is 13.5. The molecular weight excluding hydrogens is 454 g/mol. The first-order valence-corrected chi connectivity index (χ1v) is 12.5. The molecule has 0 unspecified atom stereocenters. The highest BCUT2D eigenvalue weighted by atomic mass is 16.1. The molecule has 4 aromatic carbocycles. The van der Waals surface area contributed by atoms with Crippen LogP contribution in [0.5, 0.6) is 0 Å². The van der Waals surface area contributed by atoms with E-state index < -0.39 is 0 Å². The fourth-order valence-corrected chi connectivity index (χ4v) is 5.03. The van der Waals surface area contributed by atoms with Crippen LogP contribution in [0.25, 0.3) is 34.0 Å². The van der Waals surface area contributed by atoms with Crippen LogP contribution in [-0.4, -0.2) is 14.1 Å². The molecule has 0 saturated carbocycles. The first-order chi connectivity index (χ1) is 18.2. The van der Waals surface area contributed by atoms with Crippen LogP contribution in [0.4, 0.5) is 0 Å². The van der Waals surface area contributed by atoms with Gasteiger partial charge >= 0.3 is 0 Å². The molecule has 0 aliphatic carbocycles. The van der Waals surface area contributed by atoms with E-state index >= 15 is 0 Å². The highest BCUT2D eigenvalue weighted by Gasteiger charge is 2.14. The van der Waals surface area contributed by atoms with E-state index in [4.69, 9.17) is 4.98 Å². The molecule has 0 radical (unpaired) electrons. The fraction of sp³-hybridized carbons (Fsp3) is 0.0909. The summed E-state index contributed by atoms with van der Waals surface area (Å²) in [4.78, 5) is 18.4. The number of para-hydroxylation sites is 2. The van der Waals surface area contributed by atoms with Gasteiger partial charge in [-0.1, -0.05) is 91.0 Å². The Morgan fingerprint density at radius 2 is 1.22 bits per heavy atom. The van der Waals surface area contributed by atoms with Crippen molar-refractivity contribution < 1.29 is 0 Å². The Bertz CT molecular complexity index is 1790. The lowest BCUT2D eigenvalue weighted by atomic mass is 10.1. The molecule has 0 fully saturated rings. The van der Waals surface area contributed by atoms with Gasteiger partial charge in [0.25, 0.3) is 5.56 Å². The van der Waals surface area contributed by atoms with Gasteiger partial charge in [0.2, 0.25) is 0 Å². The summed E-state index contributed by atoms with van der Waals surface area (Å²) in [5, 5.41) is 1.82. The Kier molecular flexibility index (Phi) is 5.99. The van der Waals surface area contributed by atoms with Gasteiger partial charge in [-0.3, -0.25) is 9.36 Å². The van der Waals surface area contributed by atoms with Gasteiger partial charge in [0.05, 0.1) is 17.4 Å². The van der Waals surface area contributed by atoms with Crippen molar-refractivity contribution in [2.75, 3.05) is 0 Å². The van der Waals surface area contributed by atoms with Crippen LogP contribution in [-0.2, 0) is 13.1 Å². The van der Waals surface area contributed by atoms with E-state index in [0.717, 1.165) is 17.7 Å². The number of hydrogen-bond donors (Lipinski definition) is 0. The maximum absolute atomic E-state index is 13.5. The molecule has 180 valence electrons. The van der Waals surface area contributed by atoms with E-state index in [9.17, 15) is 4.79 Å². The molecular formula is C33H27N3O. The van der Waals surface area contributed by atoms with Crippen LogP contribution in [0, 0.1) is 6.92 Å². The zero-order valence-electron chi connectivity index (χ0n) is 20.7. The second kappa shape index (κ2) is 9.75. The molecule has 6 rings (SSSR count). The van der Waals surface area contributed by atoms with E-state index in [2.05, 4.69) is 66.1 Å². The van der Waals surface area contributed by atoms with E-state index in [1.807, 2.05) is 66.7 Å². The molecule has 4 heteroatoms. The minimum atomic E-state index is -0.0302. The molecule has 6 aromatic rings. The van der Waals surface area contributed by atoms with Crippen molar-refractivity contribution in [1.29, 1.82) is 0 Å². The Hall–Kier alpha value is -4.70. The van der Waals surface area contributed by atoms with Gasteiger partial charge in [-0.05, 0) is 48.4 Å². The predicted molar refractivity (Wildman–Crippen MR) is 153 cm³/mol. The Labute approximate surface area is 215 Å². The summed E-state index contributed by atoms with van der Waals surface area (Å²) >= 11 is 0. The summed E-state index contributed by atoms with van der Waals surface area (Å²) in [5.74, 6) is 0.645. The van der Waals surface area contributed by atoms with Gasteiger partial charge in [-0.2, -0.15) is 0 Å². The van der Waals surface area contributed by atoms with Crippen molar-refractivity contribution in [3.05, 3.63) is 148 Å². The number of hydrogen-bond acceptors (Lipinski definition) is 2. The zero-order chi connectivity index (χ0) is 25.2. The molecule has 37 heavy (non-hydrogen) atoms. The average molecular weight is 482 g/mol. The van der Waals surface area contributed by atoms with Crippen LogP contribution in [0.15, 0.2) is 114 Å². The minimum absolute atomic E-state index is 0.0302. The summed E-state index contributed by atoms with van der Waals surface area (Å²) in [6, 6.07) is 36.6. The van der Waals surface area contributed by atoms with Gasteiger partial charge in [0, 0.05) is 28.7 Å². The smallest absolute Gasteiger partial charge is 0.261 e. The standard InChI is InChI=1S/C33H27N3O/c1-24-27(28-16-9-11-19-31(28)35(24)22-25-12-4-2-5-13-25)20-21-32-34-30-18-10-8-17-29(30)33(37)36(32)23-26-14-6-3-7-15-26/h2-21H,22-23H2,1H3. The van der Waals surface area contributed by atoms with Gasteiger partial charge in [-0.25, -0.2) is 4.98 Å². The van der Waals surface area contributed by atoms with Crippen LogP contribution in [0.2, 0.25) is 0 Å². The third kappa shape index (κ3) is 4.38. The number of fused-ring (bicyclic) bond motifs is 2. The van der Waals surface area contributed by atoms with Crippen LogP contribution in [0.3, 0.4) is 0 Å². The monoisotopic (exact) mass is 481 g/mol. The maximum Gasteiger partial charge on any atom is 0.261 e. The first-order valence-electron chi connectivity index (χ1n) is 12.5. The summed E-state index contributed by atoms with van der Waals surface area (Å²) in [6.07, 6.45) is 4.09. The zero-order valence-corrected chi connectivity index (χ0v) is 20.7. The Morgan fingerprint density at radius 3 is 1.92 bits per heavy atom. The molecule has 0 atom stereocenters. The molecule has 0 bridgehead atoms. The lowest BCUT2D eigenvalue weighted by Gasteiger charge is -2.11. The second-order valence-electron chi connectivity index (χ2n) is 9.29. The molecule has 2 heterocycles. The summed E-state index contributed by atoms with van der Waals surface area (Å²) < 4.78 is 4.13. The summed E-state index contributed by atoms with van der Waals surface area (Å²) in [7, 11) is 0. The number of benzene rings is 4. The van der Waals surface area contributed by atoms with Crippen molar-refractivity contribution >= 4 is 34.0 Å². The van der Waals surface area contributed by atoms with Crippen molar-refractivity contribution in [3.63, 3.8) is 0 Å². The van der Waals surface area contributed by atoms with Crippen LogP contribution >= 0.6 is 0 Å². The molecule has 0 saturated heterocycles. The third-order valence-electron chi connectivity index (χ3n) is 6.94. The summed E-state index contributed by atoms with van der Waals surface area (Å²) in [6.45, 7) is 3.42. The normalized spacial score (nSPS) is 11.6. The van der Waals surface area contributed by atoms with Gasteiger partial charge < -0.3 is 4.57 Å². The molecule has 4 nitrogen and oxygen atoms in total. The Morgan fingerprint density at radius 1 is 0.649 bits per heavy atom. The largest absolute Gasteiger partial charge is 0.340 e. The number of nitrogens with zero attached hydrogens (tertiary/aromatic N) is 3. The average Bonchev–Trinajstić information content (AvgIpc) is 3.21. The lowest BCUT2D eigenvalue weighted by Crippen LogP contribution is -2.24. The highest BCUT2D eigenvalue weighted by molar-refractivity contribution is 5.93. The molecule has 2 aromatic heterocycles. The SMILES string of the molecule is Cc1c(C=Cc2nc3ccccc3c(=O)n2Cc2ccccc2)c2ccccc2n1Cc1ccccc1. The van der Waals surface area contributed by atoms with Crippen molar-refractivity contribution in [2.24, 2.45) is 0 Å². The topological polar surface area (TPSA) is 39.8 Å². The van der Waals surface area contributed by atoms with E-state index in [1.165, 1.54) is 22.2 Å². The fourth-order valence-electron chi connectivity index (χ4n) is 5.03. The molecule has 0 N–H and O–H groups in total. The predicted octanol–water partition coefficient (Wildman–Crippen LogP) is 6.93. The Balaban J connectivity index is 1.48. The van der Waals surface area contributed by atoms with Crippen molar-refractivity contribution in [2.45, 2.75) is 20.0 Å².